The third-order valence-electron chi connectivity index (χ3n) is 3.11. The number of alkyl halides is 1. The van der Waals surface area contributed by atoms with Crippen molar-refractivity contribution in [2.75, 3.05) is 0 Å². The number of hydrogen-bond donors (Lipinski definition) is 0. The highest BCUT2D eigenvalue weighted by Gasteiger charge is 2.06. The highest BCUT2D eigenvalue weighted by Crippen LogP contribution is 2.29. The first-order valence-corrected chi connectivity index (χ1v) is 7.80. The molecule has 19 heavy (non-hydrogen) atoms. The van der Waals surface area contributed by atoms with Crippen molar-refractivity contribution in [3.8, 4) is 0 Å². The molecule has 0 atom stereocenters. The molecule has 0 unspecified atom stereocenters. The van der Waals surface area contributed by atoms with Gasteiger partial charge in [-0.3, -0.25) is 0 Å². The summed E-state index contributed by atoms with van der Waals surface area (Å²) in [5.41, 5.74) is 2.26. The van der Waals surface area contributed by atoms with Gasteiger partial charge in [-0.2, -0.15) is 0 Å². The smallest absolute Gasteiger partial charge is 0.0474 e. The van der Waals surface area contributed by atoms with E-state index in [-0.39, 0.29) is 0 Å². The van der Waals surface area contributed by atoms with Gasteiger partial charge in [0.2, 0.25) is 0 Å². The van der Waals surface area contributed by atoms with Gasteiger partial charge in [0.1, 0.15) is 0 Å². The van der Waals surface area contributed by atoms with Crippen molar-refractivity contribution in [3.63, 3.8) is 0 Å². The number of benzene rings is 2. The second-order valence-corrected chi connectivity index (χ2v) is 6.33. The fraction of sp³-hybridized carbons (Fsp3) is 0.125. The van der Waals surface area contributed by atoms with Crippen molar-refractivity contribution >= 4 is 44.6 Å². The quantitative estimate of drug-likeness (QED) is 0.530. The largest absolute Gasteiger partial charge is 0.140 e. The first-order chi connectivity index (χ1) is 9.26. The van der Waals surface area contributed by atoms with Crippen molar-refractivity contribution < 1.29 is 0 Å². The summed E-state index contributed by atoms with van der Waals surface area (Å²) in [7, 11) is 0. The molecule has 0 aliphatic carbocycles. The molecule has 0 radical (unpaired) electrons. The number of fused-ring (bicyclic) bond motifs is 1. The zero-order chi connectivity index (χ0) is 13.2. The van der Waals surface area contributed by atoms with Crippen LogP contribution in [-0.2, 0) is 12.3 Å². The molecule has 3 rings (SSSR count). The maximum absolute atomic E-state index is 6.26. The number of halogens is 2. The van der Waals surface area contributed by atoms with Gasteiger partial charge in [0.05, 0.1) is 0 Å². The summed E-state index contributed by atoms with van der Waals surface area (Å²) in [6.45, 7) is 0. The minimum Gasteiger partial charge on any atom is -0.140 e. The standard InChI is InChI=1S/C16H12Cl2S/c17-10-11-5-6-15(18)13(7-11)9-14-8-12-3-1-2-4-16(12)19-14/h1-8H,9-10H2. The van der Waals surface area contributed by atoms with Gasteiger partial charge in [-0.05, 0) is 34.7 Å². The van der Waals surface area contributed by atoms with Gasteiger partial charge in [0.25, 0.3) is 0 Å². The lowest BCUT2D eigenvalue weighted by Crippen LogP contribution is -1.89. The Bertz CT molecular complexity index is 683. The molecule has 0 N–H and O–H groups in total. The molecule has 0 saturated heterocycles. The summed E-state index contributed by atoms with van der Waals surface area (Å²) in [5.74, 6) is 0.524. The van der Waals surface area contributed by atoms with Crippen molar-refractivity contribution in [1.29, 1.82) is 0 Å². The van der Waals surface area contributed by atoms with E-state index in [0.29, 0.717) is 5.88 Å². The molecule has 1 aromatic heterocycles. The van der Waals surface area contributed by atoms with E-state index in [1.54, 1.807) is 0 Å². The Morgan fingerprint density at radius 2 is 1.84 bits per heavy atom. The van der Waals surface area contributed by atoms with E-state index in [1.807, 2.05) is 23.5 Å². The Morgan fingerprint density at radius 1 is 1.00 bits per heavy atom. The lowest BCUT2D eigenvalue weighted by molar-refractivity contribution is 1.22. The normalized spacial score (nSPS) is 11.1. The molecule has 0 bridgehead atoms. The van der Waals surface area contributed by atoms with Crippen LogP contribution in [0.2, 0.25) is 5.02 Å². The van der Waals surface area contributed by atoms with E-state index in [1.165, 1.54) is 15.0 Å². The van der Waals surface area contributed by atoms with Crippen LogP contribution >= 0.6 is 34.5 Å². The van der Waals surface area contributed by atoms with E-state index >= 15 is 0 Å². The molecule has 0 amide bonds. The molecule has 3 aromatic rings. The fourth-order valence-electron chi connectivity index (χ4n) is 2.16. The lowest BCUT2D eigenvalue weighted by atomic mass is 10.1. The predicted molar refractivity (Wildman–Crippen MR) is 85.6 cm³/mol. The maximum atomic E-state index is 6.26. The van der Waals surface area contributed by atoms with Gasteiger partial charge in [-0.1, -0.05) is 41.9 Å². The van der Waals surface area contributed by atoms with Crippen LogP contribution in [0.15, 0.2) is 48.5 Å². The number of thiophene rings is 1. The monoisotopic (exact) mass is 306 g/mol. The van der Waals surface area contributed by atoms with Crippen LogP contribution in [-0.4, -0.2) is 0 Å². The van der Waals surface area contributed by atoms with Crippen molar-refractivity contribution in [3.05, 3.63) is 69.6 Å². The molecule has 3 heteroatoms. The minimum atomic E-state index is 0.524. The van der Waals surface area contributed by atoms with Gasteiger partial charge in [0, 0.05) is 26.9 Å². The summed E-state index contributed by atoms with van der Waals surface area (Å²) >= 11 is 14.0. The molecule has 0 nitrogen and oxygen atoms in total. The summed E-state index contributed by atoms with van der Waals surface area (Å²) in [6, 6.07) is 16.7. The first kappa shape index (κ1) is 13.0. The van der Waals surface area contributed by atoms with E-state index in [2.05, 4.69) is 36.4 Å². The van der Waals surface area contributed by atoms with Gasteiger partial charge < -0.3 is 0 Å². The van der Waals surface area contributed by atoms with Crippen LogP contribution < -0.4 is 0 Å². The zero-order valence-electron chi connectivity index (χ0n) is 10.2. The number of rotatable bonds is 3. The van der Waals surface area contributed by atoms with Crippen molar-refractivity contribution in [1.82, 2.24) is 0 Å². The van der Waals surface area contributed by atoms with E-state index in [9.17, 15) is 0 Å². The fourth-order valence-corrected chi connectivity index (χ4v) is 3.60. The molecule has 0 aliphatic rings. The first-order valence-electron chi connectivity index (χ1n) is 6.07. The Kier molecular flexibility index (Phi) is 3.79. The summed E-state index contributed by atoms with van der Waals surface area (Å²) in [5, 5.41) is 2.11. The van der Waals surface area contributed by atoms with E-state index in [0.717, 1.165) is 22.6 Å². The van der Waals surface area contributed by atoms with Gasteiger partial charge >= 0.3 is 0 Å². The second-order valence-electron chi connectivity index (χ2n) is 4.49. The molecule has 0 saturated carbocycles. The minimum absolute atomic E-state index is 0.524. The third-order valence-corrected chi connectivity index (χ3v) is 4.90. The van der Waals surface area contributed by atoms with Crippen molar-refractivity contribution in [2.24, 2.45) is 0 Å². The predicted octanol–water partition coefficient (Wildman–Crippen LogP) is 5.88. The molecule has 0 aliphatic heterocycles. The lowest BCUT2D eigenvalue weighted by Gasteiger charge is -2.04. The zero-order valence-corrected chi connectivity index (χ0v) is 12.5. The van der Waals surface area contributed by atoms with Crippen LogP contribution in [0.1, 0.15) is 16.0 Å². The topological polar surface area (TPSA) is 0 Å². The van der Waals surface area contributed by atoms with Crippen LogP contribution in [0.25, 0.3) is 10.1 Å². The van der Waals surface area contributed by atoms with E-state index in [4.69, 9.17) is 23.2 Å². The van der Waals surface area contributed by atoms with Gasteiger partial charge in [0.15, 0.2) is 0 Å². The third kappa shape index (κ3) is 2.79. The summed E-state index contributed by atoms with van der Waals surface area (Å²) < 4.78 is 1.32. The van der Waals surface area contributed by atoms with Crippen LogP contribution in [0.5, 0.6) is 0 Å². The molecular formula is C16H12Cl2S. The average molecular weight is 307 g/mol. The molecule has 1 heterocycles. The molecule has 0 fully saturated rings. The van der Waals surface area contributed by atoms with Crippen molar-refractivity contribution in [2.45, 2.75) is 12.3 Å². The molecule has 96 valence electrons. The SMILES string of the molecule is ClCc1ccc(Cl)c(Cc2cc3ccccc3s2)c1. The highest BCUT2D eigenvalue weighted by molar-refractivity contribution is 7.19. The molecular weight excluding hydrogens is 295 g/mol. The molecule has 0 spiro atoms. The number of hydrogen-bond acceptors (Lipinski definition) is 1. The van der Waals surface area contributed by atoms with Crippen LogP contribution in [0, 0.1) is 0 Å². The molecule has 2 aromatic carbocycles. The summed E-state index contributed by atoms with van der Waals surface area (Å²) in [4.78, 5) is 1.33. The summed E-state index contributed by atoms with van der Waals surface area (Å²) in [6.07, 6.45) is 0.864. The second kappa shape index (κ2) is 5.54. The van der Waals surface area contributed by atoms with Crippen LogP contribution in [0.3, 0.4) is 0 Å². The van der Waals surface area contributed by atoms with Gasteiger partial charge in [-0.15, -0.1) is 22.9 Å². The Balaban J connectivity index is 1.96. The van der Waals surface area contributed by atoms with Gasteiger partial charge in [-0.25, -0.2) is 0 Å². The average Bonchev–Trinajstić information content (AvgIpc) is 2.83. The Hall–Kier alpha value is -1.02. The highest BCUT2D eigenvalue weighted by atomic mass is 35.5. The maximum Gasteiger partial charge on any atom is 0.0474 e. The Labute approximate surface area is 126 Å². The Morgan fingerprint density at radius 3 is 2.63 bits per heavy atom. The van der Waals surface area contributed by atoms with Crippen LogP contribution in [0.4, 0.5) is 0 Å². The van der Waals surface area contributed by atoms with E-state index < -0.39 is 0 Å².